The second-order valence-corrected chi connectivity index (χ2v) is 5.25. The van der Waals surface area contributed by atoms with Gasteiger partial charge in [0.25, 0.3) is 0 Å². The highest BCUT2D eigenvalue weighted by Gasteiger charge is 2.19. The molecule has 1 aromatic heterocycles. The molecule has 2 rings (SSSR count). The molecular formula is C17H24N2. The summed E-state index contributed by atoms with van der Waals surface area (Å²) in [4.78, 5) is 4.22. The maximum Gasteiger partial charge on any atom is 0.0352 e. The van der Waals surface area contributed by atoms with Crippen LogP contribution in [0.25, 0.3) is 10.8 Å². The van der Waals surface area contributed by atoms with Crippen LogP contribution in [0, 0.1) is 5.92 Å². The minimum Gasteiger partial charge on any atom is -0.310 e. The summed E-state index contributed by atoms with van der Waals surface area (Å²) in [5.41, 5.74) is 1.41. The maximum atomic E-state index is 4.22. The lowest BCUT2D eigenvalue weighted by atomic mass is 9.88. The molecule has 1 aromatic carbocycles. The van der Waals surface area contributed by atoms with E-state index in [1.807, 2.05) is 12.4 Å². The lowest BCUT2D eigenvalue weighted by Gasteiger charge is -2.26. The normalized spacial score (nSPS) is 14.5. The average molecular weight is 256 g/mol. The first-order valence-electron chi connectivity index (χ1n) is 7.34. The third-order valence-electron chi connectivity index (χ3n) is 3.79. The summed E-state index contributed by atoms with van der Waals surface area (Å²) < 4.78 is 0. The molecule has 0 spiro atoms. The molecule has 2 nitrogen and oxygen atoms in total. The Kier molecular flexibility index (Phi) is 4.92. The Morgan fingerprint density at radius 1 is 1.21 bits per heavy atom. The number of nitrogens with one attached hydrogen (secondary N) is 1. The van der Waals surface area contributed by atoms with E-state index in [1.165, 1.54) is 29.2 Å². The Bertz CT molecular complexity index is 516. The van der Waals surface area contributed by atoms with Gasteiger partial charge in [0.2, 0.25) is 0 Å². The Labute approximate surface area is 116 Å². The highest BCUT2D eigenvalue weighted by molar-refractivity contribution is 5.85. The molecule has 19 heavy (non-hydrogen) atoms. The molecule has 0 bridgehead atoms. The van der Waals surface area contributed by atoms with Crippen LogP contribution in [0.3, 0.4) is 0 Å². The van der Waals surface area contributed by atoms with Gasteiger partial charge in [0.1, 0.15) is 0 Å². The van der Waals surface area contributed by atoms with Crippen molar-refractivity contribution in [2.45, 2.75) is 39.7 Å². The topological polar surface area (TPSA) is 24.9 Å². The van der Waals surface area contributed by atoms with E-state index >= 15 is 0 Å². The standard InChI is InChI=1S/C17H24N2/c1-4-7-13(3)17(19-5-2)16-9-6-8-14-12-18-11-10-15(14)16/h6,8-13,17,19H,4-5,7H2,1-3H3. The quantitative estimate of drug-likeness (QED) is 0.832. The van der Waals surface area contributed by atoms with E-state index in [-0.39, 0.29) is 0 Å². The van der Waals surface area contributed by atoms with Crippen molar-refractivity contribution >= 4 is 10.8 Å². The van der Waals surface area contributed by atoms with Crippen LogP contribution in [0.1, 0.15) is 45.2 Å². The lowest BCUT2D eigenvalue weighted by molar-refractivity contribution is 0.371. The fraction of sp³-hybridized carbons (Fsp3) is 0.471. The molecule has 2 heteroatoms. The molecule has 0 radical (unpaired) electrons. The van der Waals surface area contributed by atoms with Gasteiger partial charge in [-0.1, -0.05) is 45.4 Å². The van der Waals surface area contributed by atoms with Gasteiger partial charge in [0, 0.05) is 23.8 Å². The highest BCUT2D eigenvalue weighted by Crippen LogP contribution is 2.30. The summed E-state index contributed by atoms with van der Waals surface area (Å²) in [5.74, 6) is 0.642. The minimum atomic E-state index is 0.427. The van der Waals surface area contributed by atoms with E-state index in [1.54, 1.807) is 0 Å². The summed E-state index contributed by atoms with van der Waals surface area (Å²) in [6.07, 6.45) is 6.32. The van der Waals surface area contributed by atoms with E-state index < -0.39 is 0 Å². The van der Waals surface area contributed by atoms with Crippen LogP contribution < -0.4 is 5.32 Å². The number of fused-ring (bicyclic) bond motifs is 1. The zero-order valence-corrected chi connectivity index (χ0v) is 12.2. The van der Waals surface area contributed by atoms with Crippen LogP contribution in [0.4, 0.5) is 0 Å². The molecule has 0 fully saturated rings. The van der Waals surface area contributed by atoms with Crippen molar-refractivity contribution in [2.75, 3.05) is 6.54 Å². The smallest absolute Gasteiger partial charge is 0.0352 e. The van der Waals surface area contributed by atoms with Crippen molar-refractivity contribution in [3.8, 4) is 0 Å². The number of hydrogen-bond donors (Lipinski definition) is 1. The maximum absolute atomic E-state index is 4.22. The van der Waals surface area contributed by atoms with Crippen LogP contribution in [0.5, 0.6) is 0 Å². The fourth-order valence-corrected chi connectivity index (χ4v) is 2.88. The molecule has 0 aliphatic rings. The average Bonchev–Trinajstić information content (AvgIpc) is 2.44. The molecule has 0 amide bonds. The third kappa shape index (κ3) is 3.13. The third-order valence-corrected chi connectivity index (χ3v) is 3.79. The van der Waals surface area contributed by atoms with Gasteiger partial charge in [-0.15, -0.1) is 0 Å². The second kappa shape index (κ2) is 6.67. The highest BCUT2D eigenvalue weighted by atomic mass is 14.9. The predicted octanol–water partition coefficient (Wildman–Crippen LogP) is 4.32. The molecular weight excluding hydrogens is 232 g/mol. The van der Waals surface area contributed by atoms with Gasteiger partial charge in [0.05, 0.1) is 0 Å². The Morgan fingerprint density at radius 3 is 2.79 bits per heavy atom. The van der Waals surface area contributed by atoms with Crippen LogP contribution in [-0.4, -0.2) is 11.5 Å². The van der Waals surface area contributed by atoms with Gasteiger partial charge >= 0.3 is 0 Å². The summed E-state index contributed by atoms with van der Waals surface area (Å²) in [5, 5.41) is 6.21. The molecule has 1 heterocycles. The monoisotopic (exact) mass is 256 g/mol. The van der Waals surface area contributed by atoms with E-state index in [4.69, 9.17) is 0 Å². The number of hydrogen-bond acceptors (Lipinski definition) is 2. The number of nitrogens with zero attached hydrogens (tertiary/aromatic N) is 1. The van der Waals surface area contributed by atoms with E-state index in [0.29, 0.717) is 12.0 Å². The van der Waals surface area contributed by atoms with Crippen molar-refractivity contribution in [1.82, 2.24) is 10.3 Å². The number of aromatic nitrogens is 1. The Balaban J connectivity index is 2.43. The van der Waals surface area contributed by atoms with Crippen molar-refractivity contribution in [1.29, 1.82) is 0 Å². The van der Waals surface area contributed by atoms with E-state index in [0.717, 1.165) is 6.54 Å². The molecule has 102 valence electrons. The number of rotatable bonds is 6. The SMILES string of the molecule is CCCC(C)C(NCC)c1cccc2cnccc12. The summed E-state index contributed by atoms with van der Waals surface area (Å²) in [6, 6.07) is 9.09. The first kappa shape index (κ1) is 14.0. The molecule has 2 unspecified atom stereocenters. The summed E-state index contributed by atoms with van der Waals surface area (Å²) in [7, 11) is 0. The van der Waals surface area contributed by atoms with Gasteiger partial charge in [-0.2, -0.15) is 0 Å². The summed E-state index contributed by atoms with van der Waals surface area (Å²) >= 11 is 0. The molecule has 0 aliphatic heterocycles. The van der Waals surface area contributed by atoms with E-state index in [9.17, 15) is 0 Å². The van der Waals surface area contributed by atoms with Crippen molar-refractivity contribution < 1.29 is 0 Å². The zero-order chi connectivity index (χ0) is 13.7. The van der Waals surface area contributed by atoms with Gasteiger partial charge in [-0.3, -0.25) is 4.98 Å². The predicted molar refractivity (Wildman–Crippen MR) is 82.2 cm³/mol. The number of pyridine rings is 1. The van der Waals surface area contributed by atoms with Gasteiger partial charge in [0.15, 0.2) is 0 Å². The molecule has 0 saturated carbocycles. The van der Waals surface area contributed by atoms with Crippen molar-refractivity contribution in [3.05, 3.63) is 42.2 Å². The second-order valence-electron chi connectivity index (χ2n) is 5.25. The first-order chi connectivity index (χ1) is 9.27. The Hall–Kier alpha value is -1.41. The van der Waals surface area contributed by atoms with Gasteiger partial charge in [-0.25, -0.2) is 0 Å². The van der Waals surface area contributed by atoms with Crippen LogP contribution in [-0.2, 0) is 0 Å². The molecule has 0 aliphatic carbocycles. The molecule has 0 saturated heterocycles. The minimum absolute atomic E-state index is 0.427. The van der Waals surface area contributed by atoms with Crippen molar-refractivity contribution in [3.63, 3.8) is 0 Å². The molecule has 1 N–H and O–H groups in total. The van der Waals surface area contributed by atoms with Gasteiger partial charge < -0.3 is 5.32 Å². The molecule has 2 atom stereocenters. The largest absolute Gasteiger partial charge is 0.310 e. The zero-order valence-electron chi connectivity index (χ0n) is 12.2. The fourth-order valence-electron chi connectivity index (χ4n) is 2.88. The summed E-state index contributed by atoms with van der Waals surface area (Å²) in [6.45, 7) is 7.78. The van der Waals surface area contributed by atoms with Crippen LogP contribution >= 0.6 is 0 Å². The van der Waals surface area contributed by atoms with Crippen LogP contribution in [0.15, 0.2) is 36.7 Å². The van der Waals surface area contributed by atoms with Crippen molar-refractivity contribution in [2.24, 2.45) is 5.92 Å². The van der Waals surface area contributed by atoms with Gasteiger partial charge in [-0.05, 0) is 35.9 Å². The first-order valence-corrected chi connectivity index (χ1v) is 7.34. The van der Waals surface area contributed by atoms with E-state index in [2.05, 4.69) is 55.3 Å². The molecule has 2 aromatic rings. The van der Waals surface area contributed by atoms with Crippen LogP contribution in [0.2, 0.25) is 0 Å². The Morgan fingerprint density at radius 2 is 2.05 bits per heavy atom. The lowest BCUT2D eigenvalue weighted by Crippen LogP contribution is -2.27. The number of benzene rings is 1.